The first kappa shape index (κ1) is 21.2. The van der Waals surface area contributed by atoms with Gasteiger partial charge in [-0.3, -0.25) is 9.59 Å². The zero-order valence-corrected chi connectivity index (χ0v) is 16.7. The van der Waals surface area contributed by atoms with Crippen LogP contribution < -0.4 is 5.32 Å². The van der Waals surface area contributed by atoms with Gasteiger partial charge >= 0.3 is 5.97 Å². The summed E-state index contributed by atoms with van der Waals surface area (Å²) in [6, 6.07) is 10.5. The lowest BCUT2D eigenvalue weighted by molar-refractivity contribution is -0.133. The smallest absolute Gasteiger partial charge is 0.335 e. The number of aromatic carboxylic acids is 1. The van der Waals surface area contributed by atoms with Gasteiger partial charge in [-0.2, -0.15) is 0 Å². The van der Waals surface area contributed by atoms with Crippen LogP contribution in [0.5, 0.6) is 0 Å². The Morgan fingerprint density at radius 1 is 1.00 bits per heavy atom. The van der Waals surface area contributed by atoms with E-state index in [1.165, 1.54) is 17.0 Å². The third-order valence-electron chi connectivity index (χ3n) is 4.58. The first-order valence-corrected chi connectivity index (χ1v) is 9.11. The van der Waals surface area contributed by atoms with Gasteiger partial charge in [0, 0.05) is 19.2 Å². The molecule has 0 aliphatic carbocycles. The summed E-state index contributed by atoms with van der Waals surface area (Å²) in [6.45, 7) is 5.87. The van der Waals surface area contributed by atoms with Gasteiger partial charge in [-0.25, -0.2) is 4.79 Å². The van der Waals surface area contributed by atoms with Crippen molar-refractivity contribution in [1.82, 2.24) is 4.90 Å². The first-order chi connectivity index (χ1) is 13.2. The summed E-state index contributed by atoms with van der Waals surface area (Å²) < 4.78 is 0. The number of aryl methyl sites for hydroxylation is 4. The van der Waals surface area contributed by atoms with E-state index < -0.39 is 5.97 Å². The summed E-state index contributed by atoms with van der Waals surface area (Å²) in [5, 5.41) is 11.8. The summed E-state index contributed by atoms with van der Waals surface area (Å²) in [7, 11) is 1.60. The number of carboxylic acid groups (broad SMARTS) is 1. The molecule has 2 rings (SSSR count). The Hall–Kier alpha value is -3.15. The maximum absolute atomic E-state index is 12.3. The van der Waals surface area contributed by atoms with Crippen LogP contribution in [0.15, 0.2) is 36.4 Å². The van der Waals surface area contributed by atoms with Crippen molar-refractivity contribution < 1.29 is 19.5 Å². The minimum absolute atomic E-state index is 0.0243. The molecule has 28 heavy (non-hydrogen) atoms. The molecular weight excluding hydrogens is 356 g/mol. The molecule has 0 bridgehead atoms. The molecular formula is C22H26N2O4. The van der Waals surface area contributed by atoms with Crippen molar-refractivity contribution in [3.8, 4) is 0 Å². The van der Waals surface area contributed by atoms with E-state index in [0.717, 1.165) is 27.9 Å². The van der Waals surface area contributed by atoms with Crippen molar-refractivity contribution in [1.29, 1.82) is 0 Å². The van der Waals surface area contributed by atoms with Crippen LogP contribution in [-0.2, 0) is 16.0 Å². The average molecular weight is 382 g/mol. The molecule has 0 aliphatic heterocycles. The summed E-state index contributed by atoms with van der Waals surface area (Å²) >= 11 is 0. The zero-order valence-electron chi connectivity index (χ0n) is 16.7. The number of nitrogens with one attached hydrogen (secondary N) is 1. The van der Waals surface area contributed by atoms with E-state index in [9.17, 15) is 14.4 Å². The minimum Gasteiger partial charge on any atom is -0.478 e. The van der Waals surface area contributed by atoms with Crippen LogP contribution in [0.25, 0.3) is 0 Å². The normalized spacial score (nSPS) is 10.4. The molecule has 0 atom stereocenters. The highest BCUT2D eigenvalue weighted by Gasteiger charge is 2.15. The predicted molar refractivity (Wildman–Crippen MR) is 109 cm³/mol. The maximum Gasteiger partial charge on any atom is 0.335 e. The second-order valence-electron chi connectivity index (χ2n) is 7.07. The first-order valence-electron chi connectivity index (χ1n) is 9.11. The van der Waals surface area contributed by atoms with Crippen molar-refractivity contribution in [2.75, 3.05) is 18.9 Å². The molecule has 148 valence electrons. The number of hydrogen-bond acceptors (Lipinski definition) is 3. The van der Waals surface area contributed by atoms with Crippen LogP contribution in [0.2, 0.25) is 0 Å². The van der Waals surface area contributed by atoms with Gasteiger partial charge in [0.2, 0.25) is 11.8 Å². The Bertz CT molecular complexity index is 865. The third-order valence-corrected chi connectivity index (χ3v) is 4.58. The number of carbonyl (C=O) groups excluding carboxylic acids is 2. The van der Waals surface area contributed by atoms with Gasteiger partial charge in [0.05, 0.1) is 12.1 Å². The number of anilines is 1. The van der Waals surface area contributed by atoms with Gasteiger partial charge in [-0.05, 0) is 56.0 Å². The van der Waals surface area contributed by atoms with E-state index >= 15 is 0 Å². The van der Waals surface area contributed by atoms with E-state index in [1.807, 2.05) is 32.9 Å². The van der Waals surface area contributed by atoms with Crippen molar-refractivity contribution in [2.24, 2.45) is 0 Å². The maximum atomic E-state index is 12.3. The van der Waals surface area contributed by atoms with E-state index in [2.05, 4.69) is 5.32 Å². The summed E-state index contributed by atoms with van der Waals surface area (Å²) in [5.41, 5.74) is 4.99. The van der Waals surface area contributed by atoms with Crippen LogP contribution in [0, 0.1) is 20.8 Å². The lowest BCUT2D eigenvalue weighted by Gasteiger charge is -2.18. The van der Waals surface area contributed by atoms with Crippen LogP contribution in [0.4, 0.5) is 5.69 Å². The second kappa shape index (κ2) is 9.17. The molecule has 2 amide bonds. The molecule has 0 spiro atoms. The Balaban J connectivity index is 1.88. The largest absolute Gasteiger partial charge is 0.478 e. The average Bonchev–Trinajstić information content (AvgIpc) is 2.62. The van der Waals surface area contributed by atoms with Crippen LogP contribution >= 0.6 is 0 Å². The van der Waals surface area contributed by atoms with Gasteiger partial charge in [0.1, 0.15) is 0 Å². The molecule has 6 heteroatoms. The molecule has 0 aromatic heterocycles. The fourth-order valence-corrected chi connectivity index (χ4v) is 3.12. The molecule has 0 radical (unpaired) electrons. The molecule has 0 fully saturated rings. The number of rotatable bonds is 7. The fraction of sp³-hybridized carbons (Fsp3) is 0.318. The van der Waals surface area contributed by atoms with E-state index in [4.69, 9.17) is 5.11 Å². The van der Waals surface area contributed by atoms with Gasteiger partial charge in [0.15, 0.2) is 0 Å². The SMILES string of the molecule is Cc1cc(C)c(NC(=O)CN(C)C(=O)CCc2ccc(C(=O)O)cc2)c(C)c1. The van der Waals surface area contributed by atoms with Crippen molar-refractivity contribution in [2.45, 2.75) is 33.6 Å². The number of likely N-dealkylation sites (N-methyl/N-ethyl adjacent to an activating group) is 1. The molecule has 2 N–H and O–H groups in total. The van der Waals surface area contributed by atoms with Gasteiger partial charge < -0.3 is 15.3 Å². The van der Waals surface area contributed by atoms with Gasteiger partial charge in [-0.15, -0.1) is 0 Å². The molecule has 0 unspecified atom stereocenters. The predicted octanol–water partition coefficient (Wildman–Crippen LogP) is 3.34. The fourth-order valence-electron chi connectivity index (χ4n) is 3.12. The highest BCUT2D eigenvalue weighted by Crippen LogP contribution is 2.21. The Morgan fingerprint density at radius 2 is 1.57 bits per heavy atom. The lowest BCUT2D eigenvalue weighted by atomic mass is 10.1. The molecule has 6 nitrogen and oxygen atoms in total. The molecule has 0 aliphatic rings. The topological polar surface area (TPSA) is 86.7 Å². The van der Waals surface area contributed by atoms with E-state index in [-0.39, 0.29) is 30.3 Å². The summed E-state index contributed by atoms with van der Waals surface area (Å²) in [6.07, 6.45) is 0.736. The van der Waals surface area contributed by atoms with Gasteiger partial charge in [-0.1, -0.05) is 29.8 Å². The number of hydrogen-bond donors (Lipinski definition) is 2. The van der Waals surface area contributed by atoms with E-state index in [0.29, 0.717) is 6.42 Å². The molecule has 2 aromatic carbocycles. The molecule has 0 saturated carbocycles. The minimum atomic E-state index is -0.979. The number of benzene rings is 2. The van der Waals surface area contributed by atoms with E-state index in [1.54, 1.807) is 19.2 Å². The number of nitrogens with zero attached hydrogens (tertiary/aromatic N) is 1. The standard InChI is InChI=1S/C22H26N2O4/c1-14-11-15(2)21(16(3)12-14)23-19(25)13-24(4)20(26)10-7-17-5-8-18(9-6-17)22(27)28/h5-6,8-9,11-12H,7,10,13H2,1-4H3,(H,23,25)(H,27,28). The van der Waals surface area contributed by atoms with Gasteiger partial charge in [0.25, 0.3) is 0 Å². The Morgan fingerprint density at radius 3 is 2.11 bits per heavy atom. The highest BCUT2D eigenvalue weighted by molar-refractivity contribution is 5.95. The van der Waals surface area contributed by atoms with Crippen LogP contribution in [-0.4, -0.2) is 41.4 Å². The highest BCUT2D eigenvalue weighted by atomic mass is 16.4. The number of amides is 2. The number of carboxylic acids is 1. The summed E-state index contributed by atoms with van der Waals surface area (Å²) in [5.74, 6) is -1.36. The van der Waals surface area contributed by atoms with Crippen molar-refractivity contribution in [3.05, 3.63) is 64.2 Å². The molecule has 0 saturated heterocycles. The number of carbonyl (C=O) groups is 3. The lowest BCUT2D eigenvalue weighted by Crippen LogP contribution is -2.35. The summed E-state index contributed by atoms with van der Waals surface area (Å²) in [4.78, 5) is 36.9. The third kappa shape index (κ3) is 5.67. The van der Waals surface area contributed by atoms with Crippen LogP contribution in [0.3, 0.4) is 0 Å². The molecule has 2 aromatic rings. The second-order valence-corrected chi connectivity index (χ2v) is 7.07. The quantitative estimate of drug-likeness (QED) is 0.769. The van der Waals surface area contributed by atoms with Crippen molar-refractivity contribution in [3.63, 3.8) is 0 Å². The van der Waals surface area contributed by atoms with Crippen molar-refractivity contribution >= 4 is 23.5 Å². The monoisotopic (exact) mass is 382 g/mol. The zero-order chi connectivity index (χ0) is 20.8. The Kier molecular flexibility index (Phi) is 6.93. The Labute approximate surface area is 165 Å². The molecule has 0 heterocycles. The van der Waals surface area contributed by atoms with Crippen LogP contribution in [0.1, 0.15) is 39.0 Å².